The molecule has 0 unspecified atom stereocenters. The van der Waals surface area contributed by atoms with E-state index in [-0.39, 0.29) is 23.3 Å². The number of nitrogens with two attached hydrogens (primary N) is 1. The number of rotatable bonds is 5. The Morgan fingerprint density at radius 2 is 1.97 bits per heavy atom. The zero-order valence-electron chi connectivity index (χ0n) is 14.5. The van der Waals surface area contributed by atoms with Gasteiger partial charge in [-0.15, -0.1) is 13.2 Å². The van der Waals surface area contributed by atoms with Gasteiger partial charge in [-0.3, -0.25) is 14.9 Å². The summed E-state index contributed by atoms with van der Waals surface area (Å²) in [7, 11) is 0. The lowest BCUT2D eigenvalue weighted by Gasteiger charge is -2.10. The maximum absolute atomic E-state index is 14.0. The van der Waals surface area contributed by atoms with E-state index < -0.39 is 29.7 Å². The quantitative estimate of drug-likeness (QED) is 0.222. The van der Waals surface area contributed by atoms with Gasteiger partial charge in [0.1, 0.15) is 17.4 Å². The Morgan fingerprint density at radius 3 is 2.62 bits per heavy atom. The van der Waals surface area contributed by atoms with Crippen molar-refractivity contribution in [3.63, 3.8) is 0 Å². The van der Waals surface area contributed by atoms with E-state index in [1.54, 1.807) is 0 Å². The molecule has 0 bridgehead atoms. The number of hydrogen-bond acceptors (Lipinski definition) is 4. The van der Waals surface area contributed by atoms with Gasteiger partial charge in [-0.25, -0.2) is 14.6 Å². The van der Waals surface area contributed by atoms with Gasteiger partial charge in [-0.1, -0.05) is 6.07 Å². The second-order valence-electron chi connectivity index (χ2n) is 5.85. The molecule has 11 heteroatoms. The number of amides is 1. The fourth-order valence-corrected chi connectivity index (χ4v) is 2.63. The number of carbonyl (C=O) groups is 1. The van der Waals surface area contributed by atoms with Crippen molar-refractivity contribution >= 4 is 22.9 Å². The first kappa shape index (κ1) is 20.3. The number of aromatic nitrogens is 2. The largest absolute Gasteiger partial charge is 0.573 e. The number of hydrogen-bond donors (Lipinski definition) is 2. The highest BCUT2D eigenvalue weighted by molar-refractivity contribution is 5.95. The van der Waals surface area contributed by atoms with Crippen LogP contribution in [0.4, 0.5) is 22.0 Å². The van der Waals surface area contributed by atoms with Gasteiger partial charge in [0, 0.05) is 29.2 Å². The molecule has 1 aromatic heterocycles. The first-order valence-electron chi connectivity index (χ1n) is 8.05. The van der Waals surface area contributed by atoms with Crippen molar-refractivity contribution in [2.75, 3.05) is 0 Å². The summed E-state index contributed by atoms with van der Waals surface area (Å²) in [4.78, 5) is 11.3. The van der Waals surface area contributed by atoms with E-state index in [9.17, 15) is 26.7 Å². The van der Waals surface area contributed by atoms with Gasteiger partial charge in [0.05, 0.1) is 17.8 Å². The molecule has 2 aromatic carbocycles. The van der Waals surface area contributed by atoms with Crippen molar-refractivity contribution in [2.24, 2.45) is 5.84 Å². The average Bonchev–Trinajstić information content (AvgIpc) is 2.97. The molecule has 6 nitrogen and oxygen atoms in total. The molecule has 3 N–H and O–H groups in total. The van der Waals surface area contributed by atoms with Crippen LogP contribution in [-0.2, 0) is 11.3 Å². The maximum atomic E-state index is 14.0. The van der Waals surface area contributed by atoms with Gasteiger partial charge < -0.3 is 4.74 Å². The van der Waals surface area contributed by atoms with Crippen LogP contribution >= 0.6 is 0 Å². The summed E-state index contributed by atoms with van der Waals surface area (Å²) in [5, 5.41) is 4.58. The minimum atomic E-state index is -4.90. The second-order valence-corrected chi connectivity index (χ2v) is 5.85. The lowest BCUT2D eigenvalue weighted by atomic mass is 10.1. The summed E-state index contributed by atoms with van der Waals surface area (Å²) in [5.41, 5.74) is 2.36. The van der Waals surface area contributed by atoms with Gasteiger partial charge in [0.2, 0.25) is 0 Å². The predicted octanol–water partition coefficient (Wildman–Crippen LogP) is 3.26. The lowest BCUT2D eigenvalue weighted by molar-refractivity contribution is -0.274. The molecule has 0 aliphatic rings. The van der Waals surface area contributed by atoms with Gasteiger partial charge in [-0.2, -0.15) is 5.10 Å². The minimum absolute atomic E-state index is 0.0631. The molecule has 3 aromatic rings. The Labute approximate surface area is 160 Å². The highest BCUT2D eigenvalue weighted by Crippen LogP contribution is 2.29. The van der Waals surface area contributed by atoms with Crippen molar-refractivity contribution < 1.29 is 31.5 Å². The van der Waals surface area contributed by atoms with Crippen LogP contribution in [0.2, 0.25) is 0 Å². The van der Waals surface area contributed by atoms with Crippen LogP contribution in [-0.4, -0.2) is 22.1 Å². The van der Waals surface area contributed by atoms with E-state index in [0.29, 0.717) is 11.5 Å². The number of nitrogens with zero attached hydrogens (tertiary/aromatic N) is 2. The first-order valence-corrected chi connectivity index (χ1v) is 8.05. The lowest BCUT2D eigenvalue weighted by Crippen LogP contribution is -2.27. The van der Waals surface area contributed by atoms with Gasteiger partial charge >= 0.3 is 6.36 Å². The van der Waals surface area contributed by atoms with Crippen LogP contribution in [0.15, 0.2) is 42.5 Å². The standard InChI is InChI=1S/C18H13F5N4O2/c19-11-2-1-10(14(20)7-11)9-27-16-8-12(29-18(21,22)23)3-4-13(16)15(26-27)5-6-17(28)25-24/h1-8H,9,24H2,(H,25,28). The Bertz CT molecular complexity index is 1090. The zero-order chi connectivity index (χ0) is 21.2. The summed E-state index contributed by atoms with van der Waals surface area (Å²) >= 11 is 0. The minimum Gasteiger partial charge on any atom is -0.406 e. The van der Waals surface area contributed by atoms with Crippen LogP contribution in [0.5, 0.6) is 5.75 Å². The highest BCUT2D eigenvalue weighted by atomic mass is 19.4. The third-order valence-corrected chi connectivity index (χ3v) is 3.86. The Hall–Kier alpha value is -3.47. The number of nitrogens with one attached hydrogen (secondary N) is 1. The smallest absolute Gasteiger partial charge is 0.406 e. The van der Waals surface area contributed by atoms with E-state index in [1.807, 2.05) is 5.43 Å². The van der Waals surface area contributed by atoms with Crippen LogP contribution in [0.3, 0.4) is 0 Å². The molecule has 3 rings (SSSR count). The molecule has 152 valence electrons. The molecule has 0 saturated heterocycles. The van der Waals surface area contributed by atoms with E-state index in [0.717, 1.165) is 24.3 Å². The van der Waals surface area contributed by atoms with Crippen LogP contribution in [0.1, 0.15) is 11.3 Å². The summed E-state index contributed by atoms with van der Waals surface area (Å²) in [6.45, 7) is -0.199. The van der Waals surface area contributed by atoms with Gasteiger partial charge in [0.25, 0.3) is 5.91 Å². The normalized spacial score (nSPS) is 11.9. The third-order valence-electron chi connectivity index (χ3n) is 3.86. The molecule has 0 saturated carbocycles. The number of carbonyl (C=O) groups excluding carboxylic acids is 1. The van der Waals surface area contributed by atoms with Crippen molar-refractivity contribution in [1.29, 1.82) is 0 Å². The topological polar surface area (TPSA) is 82.2 Å². The fourth-order valence-electron chi connectivity index (χ4n) is 2.63. The summed E-state index contributed by atoms with van der Waals surface area (Å²) in [6.07, 6.45) is -2.53. The number of alkyl halides is 3. The SMILES string of the molecule is NNC(=O)C=Cc1nn(Cc2ccc(F)cc2F)c2cc(OC(F)(F)F)ccc12. The summed E-state index contributed by atoms with van der Waals surface area (Å²) in [6, 6.07) is 6.42. The highest BCUT2D eigenvalue weighted by Gasteiger charge is 2.31. The summed E-state index contributed by atoms with van der Waals surface area (Å²) < 4.78 is 69.9. The molecule has 1 amide bonds. The van der Waals surface area contributed by atoms with E-state index in [1.165, 1.54) is 22.9 Å². The van der Waals surface area contributed by atoms with Gasteiger partial charge in [0.15, 0.2) is 0 Å². The van der Waals surface area contributed by atoms with Crippen molar-refractivity contribution in [3.05, 3.63) is 65.4 Å². The molecule has 0 aliphatic heterocycles. The van der Waals surface area contributed by atoms with Crippen LogP contribution < -0.4 is 16.0 Å². The number of ether oxygens (including phenoxy) is 1. The van der Waals surface area contributed by atoms with E-state index >= 15 is 0 Å². The van der Waals surface area contributed by atoms with Crippen molar-refractivity contribution in [2.45, 2.75) is 12.9 Å². The predicted molar refractivity (Wildman–Crippen MR) is 93.2 cm³/mol. The Balaban J connectivity index is 2.08. The molecule has 0 radical (unpaired) electrons. The molecular formula is C18H13F5N4O2. The number of benzene rings is 2. The van der Waals surface area contributed by atoms with E-state index in [4.69, 9.17) is 5.84 Å². The van der Waals surface area contributed by atoms with Crippen LogP contribution in [0.25, 0.3) is 17.0 Å². The van der Waals surface area contributed by atoms with Crippen molar-refractivity contribution in [3.8, 4) is 5.75 Å². The third kappa shape index (κ3) is 4.88. The fraction of sp³-hybridized carbons (Fsp3) is 0.111. The molecule has 29 heavy (non-hydrogen) atoms. The van der Waals surface area contributed by atoms with Crippen LogP contribution in [0, 0.1) is 11.6 Å². The number of hydrazine groups is 1. The molecule has 1 heterocycles. The average molecular weight is 412 g/mol. The number of fused-ring (bicyclic) bond motifs is 1. The molecule has 0 atom stereocenters. The Kier molecular flexibility index (Phi) is 5.50. The second kappa shape index (κ2) is 7.87. The zero-order valence-corrected chi connectivity index (χ0v) is 14.5. The first-order chi connectivity index (χ1) is 13.7. The molecule has 0 fully saturated rings. The number of halogens is 5. The van der Waals surface area contributed by atoms with E-state index in [2.05, 4.69) is 9.84 Å². The Morgan fingerprint density at radius 1 is 1.21 bits per heavy atom. The van der Waals surface area contributed by atoms with Gasteiger partial charge in [-0.05, 0) is 24.3 Å². The summed E-state index contributed by atoms with van der Waals surface area (Å²) in [5.74, 6) is 2.26. The monoisotopic (exact) mass is 412 g/mol. The molecular weight excluding hydrogens is 399 g/mol. The van der Waals surface area contributed by atoms with Crippen molar-refractivity contribution in [1.82, 2.24) is 15.2 Å². The molecule has 0 spiro atoms. The molecule has 0 aliphatic carbocycles. The maximum Gasteiger partial charge on any atom is 0.573 e.